The third-order valence-electron chi connectivity index (χ3n) is 4.66. The van der Waals surface area contributed by atoms with Gasteiger partial charge >= 0.3 is 0 Å². The Kier molecular flexibility index (Phi) is 4.93. The summed E-state index contributed by atoms with van der Waals surface area (Å²) >= 11 is 0. The van der Waals surface area contributed by atoms with Gasteiger partial charge in [0, 0.05) is 31.6 Å². The molecule has 28 heavy (non-hydrogen) atoms. The lowest BCUT2D eigenvalue weighted by atomic mass is 10.1. The highest BCUT2D eigenvalue weighted by Crippen LogP contribution is 2.26. The molecule has 0 unspecified atom stereocenters. The molecule has 2 heterocycles. The van der Waals surface area contributed by atoms with Crippen LogP contribution < -0.4 is 5.32 Å². The van der Waals surface area contributed by atoms with E-state index in [0.717, 1.165) is 28.1 Å². The number of rotatable bonds is 6. The van der Waals surface area contributed by atoms with Gasteiger partial charge in [-0.15, -0.1) is 0 Å². The van der Waals surface area contributed by atoms with Gasteiger partial charge in [-0.2, -0.15) is 0 Å². The molecule has 0 spiro atoms. The zero-order valence-electron chi connectivity index (χ0n) is 16.0. The smallest absolute Gasteiger partial charge is 0.226 e. The molecule has 0 saturated carbocycles. The van der Waals surface area contributed by atoms with Crippen LogP contribution in [0.5, 0.6) is 0 Å². The van der Waals surface area contributed by atoms with E-state index in [0.29, 0.717) is 25.4 Å². The maximum absolute atomic E-state index is 11.0. The number of hydrogen-bond acceptors (Lipinski definition) is 4. The van der Waals surface area contributed by atoms with Crippen molar-refractivity contribution in [1.29, 1.82) is 0 Å². The van der Waals surface area contributed by atoms with Crippen LogP contribution in [0.4, 0.5) is 0 Å². The van der Waals surface area contributed by atoms with E-state index in [1.54, 1.807) is 6.33 Å². The molecule has 0 aliphatic rings. The highest BCUT2D eigenvalue weighted by atomic mass is 16.4. The molecule has 6 nitrogen and oxygen atoms in total. The van der Waals surface area contributed by atoms with Gasteiger partial charge in [-0.1, -0.05) is 30.3 Å². The molecule has 4 aromatic rings. The minimum atomic E-state index is -0.0288. The van der Waals surface area contributed by atoms with Crippen LogP contribution in [0.2, 0.25) is 0 Å². The molecule has 0 fully saturated rings. The predicted octanol–water partition coefficient (Wildman–Crippen LogP) is 3.73. The lowest BCUT2D eigenvalue weighted by Crippen LogP contribution is -2.22. The summed E-state index contributed by atoms with van der Waals surface area (Å²) in [4.78, 5) is 20.0. The number of benzene rings is 2. The second-order valence-electron chi connectivity index (χ2n) is 6.85. The zero-order valence-corrected chi connectivity index (χ0v) is 16.0. The molecule has 0 bridgehead atoms. The molecule has 2 aromatic carbocycles. The first-order valence-electron chi connectivity index (χ1n) is 9.29. The summed E-state index contributed by atoms with van der Waals surface area (Å²) in [5.74, 6) is 1.40. The van der Waals surface area contributed by atoms with Crippen molar-refractivity contribution in [2.24, 2.45) is 0 Å². The lowest BCUT2D eigenvalue weighted by Gasteiger charge is -2.00. The van der Waals surface area contributed by atoms with Gasteiger partial charge in [0.2, 0.25) is 11.8 Å². The SMILES string of the molecule is CC(=O)NCCc1cn(Cc2nc(-c3ccc4ccccc4c3)oc2C)cn1. The minimum Gasteiger partial charge on any atom is -0.441 e. The molecule has 4 rings (SSSR count). The standard InChI is InChI=1S/C22H22N4O2/c1-15-21(13-26-12-20(24-14-26)9-10-23-16(2)27)25-22(28-15)19-8-7-17-5-3-4-6-18(17)11-19/h3-8,11-12,14H,9-10,13H2,1-2H3,(H,23,27). The van der Waals surface area contributed by atoms with Crippen LogP contribution >= 0.6 is 0 Å². The fourth-order valence-corrected chi connectivity index (χ4v) is 3.18. The highest BCUT2D eigenvalue weighted by molar-refractivity contribution is 5.86. The molecule has 0 saturated heterocycles. The number of carbonyl (C=O) groups excluding carboxylic acids is 1. The number of carbonyl (C=O) groups is 1. The molecule has 142 valence electrons. The van der Waals surface area contributed by atoms with Crippen LogP contribution in [-0.2, 0) is 17.8 Å². The Morgan fingerprint density at radius 3 is 2.82 bits per heavy atom. The number of oxazole rings is 1. The average molecular weight is 374 g/mol. The van der Waals surface area contributed by atoms with Crippen molar-refractivity contribution < 1.29 is 9.21 Å². The number of nitrogens with zero attached hydrogens (tertiary/aromatic N) is 3. The Labute approximate surface area is 163 Å². The fourth-order valence-electron chi connectivity index (χ4n) is 3.18. The molecule has 1 N–H and O–H groups in total. The van der Waals surface area contributed by atoms with E-state index in [4.69, 9.17) is 9.40 Å². The first kappa shape index (κ1) is 18.0. The molecular formula is C22H22N4O2. The van der Waals surface area contributed by atoms with Crippen molar-refractivity contribution >= 4 is 16.7 Å². The van der Waals surface area contributed by atoms with Gasteiger partial charge in [-0.25, -0.2) is 9.97 Å². The summed E-state index contributed by atoms with van der Waals surface area (Å²) in [5, 5.41) is 5.14. The average Bonchev–Trinajstić information content (AvgIpc) is 3.28. The topological polar surface area (TPSA) is 73.0 Å². The quantitative estimate of drug-likeness (QED) is 0.558. The van der Waals surface area contributed by atoms with Crippen LogP contribution in [0.3, 0.4) is 0 Å². The Morgan fingerprint density at radius 2 is 2.00 bits per heavy atom. The van der Waals surface area contributed by atoms with Gasteiger partial charge in [0.25, 0.3) is 0 Å². The van der Waals surface area contributed by atoms with Crippen LogP contribution in [0, 0.1) is 6.92 Å². The number of imidazole rings is 1. The number of amides is 1. The van der Waals surface area contributed by atoms with Gasteiger partial charge in [-0.3, -0.25) is 4.79 Å². The van der Waals surface area contributed by atoms with E-state index < -0.39 is 0 Å². The third kappa shape index (κ3) is 3.96. The van der Waals surface area contributed by atoms with E-state index >= 15 is 0 Å². The van der Waals surface area contributed by atoms with Crippen LogP contribution in [0.25, 0.3) is 22.2 Å². The van der Waals surface area contributed by atoms with Gasteiger partial charge in [0.15, 0.2) is 0 Å². The van der Waals surface area contributed by atoms with E-state index in [9.17, 15) is 4.79 Å². The van der Waals surface area contributed by atoms with Crippen molar-refractivity contribution in [3.63, 3.8) is 0 Å². The fraction of sp³-hybridized carbons (Fsp3) is 0.227. The number of hydrogen-bond donors (Lipinski definition) is 1. The largest absolute Gasteiger partial charge is 0.441 e. The van der Waals surface area contributed by atoms with Crippen molar-refractivity contribution in [2.45, 2.75) is 26.8 Å². The maximum Gasteiger partial charge on any atom is 0.226 e. The number of nitrogens with one attached hydrogen (secondary N) is 1. The summed E-state index contributed by atoms with van der Waals surface area (Å²) in [6.45, 7) is 4.62. The van der Waals surface area contributed by atoms with Crippen LogP contribution in [-0.4, -0.2) is 27.0 Å². The van der Waals surface area contributed by atoms with Gasteiger partial charge in [0.05, 0.1) is 18.6 Å². The Bertz CT molecular complexity index is 1130. The summed E-state index contributed by atoms with van der Waals surface area (Å²) in [5.41, 5.74) is 2.79. The normalized spacial score (nSPS) is 11.1. The summed E-state index contributed by atoms with van der Waals surface area (Å²) in [6.07, 6.45) is 4.46. The second-order valence-corrected chi connectivity index (χ2v) is 6.85. The zero-order chi connectivity index (χ0) is 19.5. The highest BCUT2D eigenvalue weighted by Gasteiger charge is 2.13. The molecule has 0 radical (unpaired) electrons. The Hall–Kier alpha value is -3.41. The minimum absolute atomic E-state index is 0.0288. The van der Waals surface area contributed by atoms with E-state index in [1.807, 2.05) is 35.9 Å². The molecule has 6 heteroatoms. The number of fused-ring (bicyclic) bond motifs is 1. The van der Waals surface area contributed by atoms with Crippen molar-refractivity contribution in [2.75, 3.05) is 6.54 Å². The summed E-state index contributed by atoms with van der Waals surface area (Å²) in [7, 11) is 0. The lowest BCUT2D eigenvalue weighted by molar-refractivity contribution is -0.118. The number of aryl methyl sites for hydroxylation is 1. The third-order valence-corrected chi connectivity index (χ3v) is 4.66. The van der Waals surface area contributed by atoms with Crippen LogP contribution in [0.15, 0.2) is 59.4 Å². The van der Waals surface area contributed by atoms with Crippen molar-refractivity contribution in [1.82, 2.24) is 19.9 Å². The Morgan fingerprint density at radius 1 is 1.18 bits per heavy atom. The molecule has 0 atom stereocenters. The van der Waals surface area contributed by atoms with E-state index in [1.165, 1.54) is 12.3 Å². The van der Waals surface area contributed by atoms with Crippen LogP contribution in [0.1, 0.15) is 24.1 Å². The summed E-state index contributed by atoms with van der Waals surface area (Å²) in [6, 6.07) is 14.5. The second kappa shape index (κ2) is 7.68. The van der Waals surface area contributed by atoms with E-state index in [-0.39, 0.29) is 5.91 Å². The molecule has 1 amide bonds. The summed E-state index contributed by atoms with van der Waals surface area (Å²) < 4.78 is 7.91. The van der Waals surface area contributed by atoms with Gasteiger partial charge in [-0.05, 0) is 29.8 Å². The van der Waals surface area contributed by atoms with Crippen molar-refractivity contribution in [3.05, 3.63) is 72.1 Å². The van der Waals surface area contributed by atoms with Gasteiger partial charge < -0.3 is 14.3 Å². The molecule has 0 aliphatic carbocycles. The van der Waals surface area contributed by atoms with Crippen molar-refractivity contribution in [3.8, 4) is 11.5 Å². The van der Waals surface area contributed by atoms with E-state index in [2.05, 4.69) is 34.6 Å². The molecular weight excluding hydrogens is 352 g/mol. The Balaban J connectivity index is 1.50. The van der Waals surface area contributed by atoms with Gasteiger partial charge in [0.1, 0.15) is 11.5 Å². The molecule has 0 aliphatic heterocycles. The molecule has 2 aromatic heterocycles. The predicted molar refractivity (Wildman–Crippen MR) is 108 cm³/mol. The first-order chi connectivity index (χ1) is 13.6. The monoisotopic (exact) mass is 374 g/mol. The number of aromatic nitrogens is 3. The first-order valence-corrected chi connectivity index (χ1v) is 9.29. The maximum atomic E-state index is 11.0.